The van der Waals surface area contributed by atoms with Gasteiger partial charge in [-0.15, -0.1) is 0 Å². The second kappa shape index (κ2) is 6.21. The summed E-state index contributed by atoms with van der Waals surface area (Å²) in [6.45, 7) is 2.57. The number of hydrogen-bond acceptors (Lipinski definition) is 5. The van der Waals surface area contributed by atoms with Gasteiger partial charge in [0.15, 0.2) is 5.65 Å². The van der Waals surface area contributed by atoms with E-state index in [9.17, 15) is 8.42 Å². The third kappa shape index (κ3) is 3.04. The number of fused-ring (bicyclic) bond motifs is 1. The van der Waals surface area contributed by atoms with Crippen molar-refractivity contribution in [3.05, 3.63) is 42.9 Å². The molecule has 8 heteroatoms. The normalized spacial score (nSPS) is 17.2. The van der Waals surface area contributed by atoms with Gasteiger partial charge in [-0.3, -0.25) is 0 Å². The van der Waals surface area contributed by atoms with Crippen molar-refractivity contribution in [3.8, 4) is 11.1 Å². The lowest BCUT2D eigenvalue weighted by molar-refractivity contribution is 0.222. The summed E-state index contributed by atoms with van der Waals surface area (Å²) in [5, 5.41) is 0. The lowest BCUT2D eigenvalue weighted by Gasteiger charge is -2.31. The van der Waals surface area contributed by atoms with Crippen LogP contribution in [0, 0.1) is 0 Å². The molecule has 0 saturated carbocycles. The van der Waals surface area contributed by atoms with Gasteiger partial charge in [-0.2, -0.15) is 4.31 Å². The molecule has 7 nitrogen and oxygen atoms in total. The molecule has 0 aliphatic carbocycles. The highest BCUT2D eigenvalue weighted by Gasteiger charge is 2.27. The van der Waals surface area contributed by atoms with E-state index >= 15 is 0 Å². The number of aromatic nitrogens is 3. The van der Waals surface area contributed by atoms with Gasteiger partial charge in [-0.05, 0) is 30.8 Å². The molecule has 2 aromatic heterocycles. The molecular formula is C17H19N5O2S. The van der Waals surface area contributed by atoms with E-state index in [1.165, 1.54) is 0 Å². The number of pyridine rings is 1. The van der Waals surface area contributed by atoms with E-state index < -0.39 is 10.0 Å². The maximum atomic E-state index is 12.8. The van der Waals surface area contributed by atoms with Gasteiger partial charge in [0.1, 0.15) is 0 Å². The second-order valence-corrected chi connectivity index (χ2v) is 8.17. The molecule has 0 atom stereocenters. The molecule has 1 fully saturated rings. The third-order valence-electron chi connectivity index (χ3n) is 4.56. The highest BCUT2D eigenvalue weighted by molar-refractivity contribution is 7.89. The van der Waals surface area contributed by atoms with E-state index in [0.29, 0.717) is 23.6 Å². The number of sulfonamides is 1. The first-order valence-corrected chi connectivity index (χ1v) is 9.56. The molecular weight excluding hydrogens is 338 g/mol. The van der Waals surface area contributed by atoms with E-state index in [0.717, 1.165) is 29.7 Å². The lowest BCUT2D eigenvalue weighted by Crippen LogP contribution is -2.46. The topological polar surface area (TPSA) is 82.2 Å². The van der Waals surface area contributed by atoms with Gasteiger partial charge in [0, 0.05) is 37.9 Å². The fraction of sp³-hybridized carbons (Fsp3) is 0.294. The predicted molar refractivity (Wildman–Crippen MR) is 95.6 cm³/mol. The Bertz CT molecular complexity index is 989. The number of rotatable bonds is 3. The molecule has 1 N–H and O–H groups in total. The van der Waals surface area contributed by atoms with Crippen LogP contribution in [0.1, 0.15) is 0 Å². The summed E-state index contributed by atoms with van der Waals surface area (Å²) >= 11 is 0. The van der Waals surface area contributed by atoms with Crippen molar-refractivity contribution in [1.29, 1.82) is 0 Å². The zero-order valence-corrected chi connectivity index (χ0v) is 14.7. The second-order valence-electron chi connectivity index (χ2n) is 6.23. The average Bonchev–Trinajstić information content (AvgIpc) is 3.10. The summed E-state index contributed by atoms with van der Waals surface area (Å²) in [6, 6.07) is 8.93. The van der Waals surface area contributed by atoms with Crippen molar-refractivity contribution in [1.82, 2.24) is 24.2 Å². The van der Waals surface area contributed by atoms with E-state index in [-0.39, 0.29) is 0 Å². The van der Waals surface area contributed by atoms with Crippen molar-refractivity contribution in [2.45, 2.75) is 4.90 Å². The number of hydrogen-bond donors (Lipinski definition) is 1. The van der Waals surface area contributed by atoms with E-state index in [1.54, 1.807) is 29.0 Å². The van der Waals surface area contributed by atoms with Gasteiger partial charge in [0.25, 0.3) is 0 Å². The molecule has 0 unspecified atom stereocenters. The Labute approximate surface area is 146 Å². The standard InChI is InChI=1S/C17H19N5O2S/c1-21-6-8-22(9-7-21)25(23,24)15-4-2-13(3-5-15)14-10-16-17(18-11-14)20-12-19-16/h2-5,10-12H,6-9H2,1H3,(H,18,19,20). The zero-order chi connectivity index (χ0) is 17.4. The quantitative estimate of drug-likeness (QED) is 0.769. The predicted octanol–water partition coefficient (Wildman–Crippen LogP) is 1.56. The summed E-state index contributed by atoms with van der Waals surface area (Å²) < 4.78 is 27.1. The first-order chi connectivity index (χ1) is 12.0. The number of aromatic amines is 1. The van der Waals surface area contributed by atoms with Crippen LogP contribution in [0.25, 0.3) is 22.3 Å². The van der Waals surface area contributed by atoms with Gasteiger partial charge < -0.3 is 9.88 Å². The van der Waals surface area contributed by atoms with Crippen LogP contribution in [-0.4, -0.2) is 65.8 Å². The molecule has 1 aliphatic rings. The Kier molecular flexibility index (Phi) is 4.03. The minimum Gasteiger partial charge on any atom is -0.343 e. The average molecular weight is 357 g/mol. The molecule has 4 rings (SSSR count). The van der Waals surface area contributed by atoms with Crippen molar-refractivity contribution in [2.24, 2.45) is 0 Å². The number of imidazole rings is 1. The maximum Gasteiger partial charge on any atom is 0.243 e. The monoisotopic (exact) mass is 357 g/mol. The Morgan fingerprint density at radius 3 is 2.44 bits per heavy atom. The fourth-order valence-corrected chi connectivity index (χ4v) is 4.41. The first kappa shape index (κ1) is 16.2. The molecule has 1 aliphatic heterocycles. The van der Waals surface area contributed by atoms with Gasteiger partial charge in [-0.25, -0.2) is 18.4 Å². The van der Waals surface area contributed by atoms with Crippen LogP contribution in [-0.2, 0) is 10.0 Å². The summed E-state index contributed by atoms with van der Waals surface area (Å²) in [5.74, 6) is 0. The van der Waals surface area contributed by atoms with Crippen molar-refractivity contribution < 1.29 is 8.42 Å². The fourth-order valence-electron chi connectivity index (χ4n) is 2.98. The van der Waals surface area contributed by atoms with Gasteiger partial charge in [-0.1, -0.05) is 12.1 Å². The molecule has 3 aromatic rings. The minimum atomic E-state index is -3.44. The van der Waals surface area contributed by atoms with Crippen LogP contribution < -0.4 is 0 Å². The molecule has 3 heterocycles. The maximum absolute atomic E-state index is 12.8. The molecule has 1 aromatic carbocycles. The molecule has 0 spiro atoms. The molecule has 0 bridgehead atoms. The van der Waals surface area contributed by atoms with Crippen LogP contribution in [0.15, 0.2) is 47.8 Å². The van der Waals surface area contributed by atoms with Crippen LogP contribution in [0.2, 0.25) is 0 Å². The molecule has 130 valence electrons. The van der Waals surface area contributed by atoms with Crippen molar-refractivity contribution in [2.75, 3.05) is 33.2 Å². The smallest absolute Gasteiger partial charge is 0.243 e. The molecule has 0 radical (unpaired) electrons. The first-order valence-electron chi connectivity index (χ1n) is 8.12. The molecule has 1 saturated heterocycles. The van der Waals surface area contributed by atoms with Gasteiger partial charge in [0.2, 0.25) is 10.0 Å². The van der Waals surface area contributed by atoms with Crippen LogP contribution in [0.3, 0.4) is 0 Å². The van der Waals surface area contributed by atoms with E-state index in [1.807, 2.05) is 25.2 Å². The highest BCUT2D eigenvalue weighted by Crippen LogP contribution is 2.24. The Balaban J connectivity index is 1.61. The Morgan fingerprint density at radius 1 is 1.00 bits per heavy atom. The van der Waals surface area contributed by atoms with E-state index in [2.05, 4.69) is 19.9 Å². The number of likely N-dealkylation sites (N-methyl/N-ethyl adjacent to an activating group) is 1. The van der Waals surface area contributed by atoms with Gasteiger partial charge in [0.05, 0.1) is 16.7 Å². The Hall–Kier alpha value is -2.29. The SMILES string of the molecule is CN1CCN(S(=O)(=O)c2ccc(-c3cnc4nc[nH]c4c3)cc2)CC1. The lowest BCUT2D eigenvalue weighted by atomic mass is 10.1. The largest absolute Gasteiger partial charge is 0.343 e. The zero-order valence-electron chi connectivity index (χ0n) is 13.9. The van der Waals surface area contributed by atoms with Crippen LogP contribution in [0.4, 0.5) is 0 Å². The van der Waals surface area contributed by atoms with Gasteiger partial charge >= 0.3 is 0 Å². The molecule has 0 amide bonds. The number of benzene rings is 1. The van der Waals surface area contributed by atoms with Crippen LogP contribution in [0.5, 0.6) is 0 Å². The Morgan fingerprint density at radius 2 is 1.72 bits per heavy atom. The summed E-state index contributed by atoms with van der Waals surface area (Å²) in [5.41, 5.74) is 3.35. The van der Waals surface area contributed by atoms with Crippen LogP contribution >= 0.6 is 0 Å². The number of nitrogens with one attached hydrogen (secondary N) is 1. The highest BCUT2D eigenvalue weighted by atomic mass is 32.2. The number of nitrogens with zero attached hydrogens (tertiary/aromatic N) is 4. The van der Waals surface area contributed by atoms with Crippen molar-refractivity contribution >= 4 is 21.2 Å². The van der Waals surface area contributed by atoms with E-state index in [4.69, 9.17) is 0 Å². The summed E-state index contributed by atoms with van der Waals surface area (Å²) in [4.78, 5) is 13.9. The number of H-pyrrole nitrogens is 1. The van der Waals surface area contributed by atoms with Crippen molar-refractivity contribution in [3.63, 3.8) is 0 Å². The summed E-state index contributed by atoms with van der Waals surface area (Å²) in [6.07, 6.45) is 3.35. The number of piperazine rings is 1. The minimum absolute atomic E-state index is 0.330. The summed E-state index contributed by atoms with van der Waals surface area (Å²) in [7, 11) is -1.43. The molecule has 25 heavy (non-hydrogen) atoms. The third-order valence-corrected chi connectivity index (χ3v) is 6.47.